The number of fused-ring (bicyclic) bond motifs is 5. The van der Waals surface area contributed by atoms with Crippen molar-refractivity contribution in [3.05, 3.63) is 64.2 Å². The summed E-state index contributed by atoms with van der Waals surface area (Å²) in [5, 5.41) is 1.43. The lowest BCUT2D eigenvalue weighted by Gasteiger charge is -2.35. The monoisotopic (exact) mass is 386 g/mol. The van der Waals surface area contributed by atoms with Gasteiger partial charge in [-0.05, 0) is 73.1 Å². The Morgan fingerprint density at radius 3 is 2.34 bits per heavy atom. The minimum absolute atomic E-state index is 0.144. The molecule has 0 spiro atoms. The van der Waals surface area contributed by atoms with Crippen molar-refractivity contribution in [1.82, 2.24) is 0 Å². The van der Waals surface area contributed by atoms with E-state index in [1.54, 1.807) is 5.56 Å². The highest BCUT2D eigenvalue weighted by molar-refractivity contribution is 5.82. The molecule has 0 unspecified atom stereocenters. The molecule has 2 aromatic carbocycles. The SMILES string of the molecule is CCC1(CC)Cc2c(cc(C)c(C)c2C)-c2ccc3c(CC(C)C)cccc3[n+]21. The maximum atomic E-state index is 2.71. The molecule has 1 aromatic heterocycles. The first kappa shape index (κ1) is 20.1. The summed E-state index contributed by atoms with van der Waals surface area (Å²) >= 11 is 0. The van der Waals surface area contributed by atoms with Gasteiger partial charge >= 0.3 is 0 Å². The van der Waals surface area contributed by atoms with Crippen LogP contribution in [0.4, 0.5) is 0 Å². The lowest BCUT2D eigenvalue weighted by molar-refractivity contribution is -0.735. The number of benzene rings is 2. The first-order valence-electron chi connectivity index (χ1n) is 11.4. The Balaban J connectivity index is 2.11. The van der Waals surface area contributed by atoms with Crippen LogP contribution in [0.3, 0.4) is 0 Å². The fraction of sp³-hybridized carbons (Fsp3) is 0.464. The summed E-state index contributed by atoms with van der Waals surface area (Å²) in [6, 6.07) is 14.2. The zero-order valence-electron chi connectivity index (χ0n) is 19.3. The van der Waals surface area contributed by atoms with E-state index in [4.69, 9.17) is 0 Å². The van der Waals surface area contributed by atoms with Crippen LogP contribution < -0.4 is 4.57 Å². The molecule has 0 saturated carbocycles. The fourth-order valence-electron chi connectivity index (χ4n) is 5.51. The van der Waals surface area contributed by atoms with E-state index in [1.807, 2.05) is 0 Å². The van der Waals surface area contributed by atoms with E-state index in [1.165, 1.54) is 44.4 Å². The molecule has 0 amide bonds. The van der Waals surface area contributed by atoms with Crippen LogP contribution in [0.15, 0.2) is 36.4 Å². The molecule has 0 fully saturated rings. The highest BCUT2D eigenvalue weighted by Crippen LogP contribution is 2.41. The topological polar surface area (TPSA) is 3.88 Å². The van der Waals surface area contributed by atoms with Gasteiger partial charge in [-0.25, -0.2) is 0 Å². The summed E-state index contributed by atoms with van der Waals surface area (Å²) in [6.07, 6.45) is 4.57. The van der Waals surface area contributed by atoms with Crippen molar-refractivity contribution in [1.29, 1.82) is 0 Å². The average Bonchev–Trinajstić information content (AvgIpc) is 2.71. The average molecular weight is 387 g/mol. The number of rotatable bonds is 4. The highest BCUT2D eigenvalue weighted by atomic mass is 15.1. The van der Waals surface area contributed by atoms with Gasteiger partial charge in [0.05, 0.1) is 5.56 Å². The molecule has 0 radical (unpaired) electrons. The molecule has 1 nitrogen and oxygen atoms in total. The number of aryl methyl sites for hydroxylation is 1. The van der Waals surface area contributed by atoms with Crippen LogP contribution in [0.1, 0.15) is 68.4 Å². The summed E-state index contributed by atoms with van der Waals surface area (Å²) in [7, 11) is 0. The molecule has 1 aliphatic heterocycles. The first-order valence-corrected chi connectivity index (χ1v) is 11.4. The zero-order valence-corrected chi connectivity index (χ0v) is 19.3. The Labute approximate surface area is 176 Å². The van der Waals surface area contributed by atoms with Crippen LogP contribution in [0, 0.1) is 26.7 Å². The molecule has 0 N–H and O–H groups in total. The second-order valence-electron chi connectivity index (χ2n) is 9.58. The van der Waals surface area contributed by atoms with Crippen molar-refractivity contribution in [2.75, 3.05) is 0 Å². The molecular weight excluding hydrogens is 350 g/mol. The third-order valence-electron chi connectivity index (χ3n) is 7.56. The minimum Gasteiger partial charge on any atom is -0.186 e. The van der Waals surface area contributed by atoms with Crippen molar-refractivity contribution in [2.45, 2.75) is 79.7 Å². The predicted octanol–water partition coefficient (Wildman–Crippen LogP) is 6.99. The molecule has 152 valence electrons. The molecule has 4 rings (SSSR count). The van der Waals surface area contributed by atoms with Crippen LogP contribution in [-0.2, 0) is 18.4 Å². The molecule has 2 heterocycles. The van der Waals surface area contributed by atoms with Gasteiger partial charge in [0.2, 0.25) is 11.2 Å². The largest absolute Gasteiger partial charge is 0.213 e. The van der Waals surface area contributed by atoms with E-state index in [-0.39, 0.29) is 5.54 Å². The Kier molecular flexibility index (Phi) is 5.05. The van der Waals surface area contributed by atoms with Crippen LogP contribution in [0.5, 0.6) is 0 Å². The number of hydrogen-bond acceptors (Lipinski definition) is 0. The highest BCUT2D eigenvalue weighted by Gasteiger charge is 2.45. The standard InChI is InChI=1S/C28H36N/c1-8-28(9-2)17-25-21(7)20(6)19(5)16-24(25)27-14-13-23-22(15-18(3)4)11-10-12-26(23)29(27)28/h10-14,16,18H,8-9,15,17H2,1-7H3/q+1. The van der Waals surface area contributed by atoms with Gasteiger partial charge in [-0.1, -0.05) is 39.8 Å². The predicted molar refractivity (Wildman–Crippen MR) is 125 cm³/mol. The third kappa shape index (κ3) is 3.01. The van der Waals surface area contributed by atoms with E-state index in [9.17, 15) is 0 Å². The van der Waals surface area contributed by atoms with Crippen molar-refractivity contribution < 1.29 is 4.57 Å². The van der Waals surface area contributed by atoms with Gasteiger partial charge < -0.3 is 0 Å². The van der Waals surface area contributed by atoms with Gasteiger partial charge in [0, 0.05) is 36.8 Å². The third-order valence-corrected chi connectivity index (χ3v) is 7.56. The maximum Gasteiger partial charge on any atom is 0.213 e. The molecule has 0 aliphatic carbocycles. The van der Waals surface area contributed by atoms with Gasteiger partial charge in [0.25, 0.3) is 0 Å². The summed E-state index contributed by atoms with van der Waals surface area (Å²) in [5.74, 6) is 0.665. The lowest BCUT2D eigenvalue weighted by Crippen LogP contribution is -2.60. The number of pyridine rings is 1. The lowest BCUT2D eigenvalue weighted by atomic mass is 9.76. The quantitative estimate of drug-likeness (QED) is 0.425. The van der Waals surface area contributed by atoms with E-state index in [2.05, 4.69) is 89.4 Å². The second kappa shape index (κ2) is 7.27. The molecular formula is C28H36N+. The second-order valence-corrected chi connectivity index (χ2v) is 9.58. The summed E-state index contributed by atoms with van der Waals surface area (Å²) in [6.45, 7) is 16.3. The maximum absolute atomic E-state index is 2.71. The van der Waals surface area contributed by atoms with Crippen LogP contribution in [0.25, 0.3) is 22.2 Å². The first-order chi connectivity index (χ1) is 13.8. The van der Waals surface area contributed by atoms with E-state index < -0.39 is 0 Å². The Hall–Kier alpha value is -2.15. The van der Waals surface area contributed by atoms with E-state index in [0.717, 1.165) is 25.7 Å². The molecule has 29 heavy (non-hydrogen) atoms. The van der Waals surface area contributed by atoms with Crippen molar-refractivity contribution >= 4 is 10.9 Å². The molecule has 1 aliphatic rings. The fourth-order valence-corrected chi connectivity index (χ4v) is 5.51. The van der Waals surface area contributed by atoms with Gasteiger partial charge in [0.15, 0.2) is 5.54 Å². The summed E-state index contributed by atoms with van der Waals surface area (Å²) in [5.41, 5.74) is 11.8. The Morgan fingerprint density at radius 1 is 0.966 bits per heavy atom. The number of aromatic nitrogens is 1. The molecule has 0 bridgehead atoms. The van der Waals surface area contributed by atoms with Crippen LogP contribution in [-0.4, -0.2) is 0 Å². The summed E-state index contributed by atoms with van der Waals surface area (Å²) in [4.78, 5) is 0. The minimum atomic E-state index is 0.144. The molecule has 1 heteroatoms. The van der Waals surface area contributed by atoms with E-state index in [0.29, 0.717) is 5.92 Å². The van der Waals surface area contributed by atoms with Gasteiger partial charge in [-0.15, -0.1) is 0 Å². The molecule has 0 saturated heterocycles. The number of hydrogen-bond donors (Lipinski definition) is 0. The van der Waals surface area contributed by atoms with Crippen LogP contribution in [0.2, 0.25) is 0 Å². The van der Waals surface area contributed by atoms with Gasteiger partial charge in [-0.2, -0.15) is 4.57 Å². The van der Waals surface area contributed by atoms with Crippen molar-refractivity contribution in [2.24, 2.45) is 5.92 Å². The summed E-state index contributed by atoms with van der Waals surface area (Å²) < 4.78 is 2.71. The van der Waals surface area contributed by atoms with Gasteiger partial charge in [0.1, 0.15) is 0 Å². The normalized spacial score (nSPS) is 14.9. The van der Waals surface area contributed by atoms with E-state index >= 15 is 0 Å². The zero-order chi connectivity index (χ0) is 20.9. The van der Waals surface area contributed by atoms with Crippen molar-refractivity contribution in [3.63, 3.8) is 0 Å². The molecule has 0 atom stereocenters. The smallest absolute Gasteiger partial charge is 0.186 e. The van der Waals surface area contributed by atoms with Crippen molar-refractivity contribution in [3.8, 4) is 11.3 Å². The Bertz CT molecular complexity index is 1080. The van der Waals surface area contributed by atoms with Crippen LogP contribution >= 0.6 is 0 Å². The molecule has 3 aromatic rings. The van der Waals surface area contributed by atoms with Gasteiger partial charge in [-0.3, -0.25) is 0 Å². The Morgan fingerprint density at radius 2 is 1.69 bits per heavy atom. The number of nitrogens with zero attached hydrogens (tertiary/aromatic N) is 1.